The number of rotatable bonds is 4. The summed E-state index contributed by atoms with van der Waals surface area (Å²) >= 11 is 0. The Labute approximate surface area is 169 Å². The number of piperazine rings is 1. The van der Waals surface area contributed by atoms with Gasteiger partial charge in [0, 0.05) is 43.8 Å². The predicted molar refractivity (Wildman–Crippen MR) is 114 cm³/mol. The summed E-state index contributed by atoms with van der Waals surface area (Å²) in [7, 11) is 0. The van der Waals surface area contributed by atoms with Gasteiger partial charge in [0.2, 0.25) is 0 Å². The van der Waals surface area contributed by atoms with Gasteiger partial charge in [0.15, 0.2) is 0 Å². The van der Waals surface area contributed by atoms with Crippen LogP contribution < -0.4 is 15.1 Å². The Morgan fingerprint density at radius 1 is 0.966 bits per heavy atom. The van der Waals surface area contributed by atoms with Gasteiger partial charge in [-0.05, 0) is 48.9 Å². The van der Waals surface area contributed by atoms with E-state index < -0.39 is 0 Å². The predicted octanol–water partition coefficient (Wildman–Crippen LogP) is 4.11. The molecule has 4 rings (SSSR count). The molecule has 0 bridgehead atoms. The summed E-state index contributed by atoms with van der Waals surface area (Å²) < 4.78 is 14.0. The van der Waals surface area contributed by atoms with Crippen molar-refractivity contribution in [2.24, 2.45) is 0 Å². The normalized spacial score (nSPS) is 14.0. The van der Waals surface area contributed by atoms with E-state index in [0.717, 1.165) is 30.0 Å². The maximum Gasteiger partial charge on any atom is 0.274 e. The summed E-state index contributed by atoms with van der Waals surface area (Å²) in [5.74, 6) is -0.428. The molecule has 0 radical (unpaired) electrons. The molecule has 1 N–H and O–H groups in total. The fourth-order valence-corrected chi connectivity index (χ4v) is 3.57. The first-order chi connectivity index (χ1) is 14.1. The van der Waals surface area contributed by atoms with Gasteiger partial charge in [0.05, 0.1) is 5.69 Å². The highest BCUT2D eigenvalue weighted by Gasteiger charge is 2.20. The number of benzene rings is 2. The van der Waals surface area contributed by atoms with E-state index in [9.17, 15) is 9.18 Å². The number of amides is 1. The second-order valence-corrected chi connectivity index (χ2v) is 7.15. The molecule has 6 heteroatoms. The first-order valence-electron chi connectivity index (χ1n) is 9.69. The average Bonchev–Trinajstić information content (AvgIpc) is 2.74. The number of aromatic nitrogens is 1. The molecule has 3 aromatic rings. The minimum Gasteiger partial charge on any atom is -0.368 e. The van der Waals surface area contributed by atoms with Gasteiger partial charge in [-0.3, -0.25) is 9.78 Å². The molecule has 2 heterocycles. The van der Waals surface area contributed by atoms with Crippen LogP contribution in [-0.4, -0.2) is 37.1 Å². The van der Waals surface area contributed by atoms with Crippen molar-refractivity contribution in [3.8, 4) is 0 Å². The Kier molecular flexibility index (Phi) is 5.42. The van der Waals surface area contributed by atoms with E-state index >= 15 is 0 Å². The Morgan fingerprint density at radius 3 is 2.48 bits per heavy atom. The third kappa shape index (κ3) is 4.37. The van der Waals surface area contributed by atoms with Crippen LogP contribution in [0.25, 0.3) is 0 Å². The number of anilines is 3. The highest BCUT2D eigenvalue weighted by Crippen LogP contribution is 2.23. The zero-order valence-electron chi connectivity index (χ0n) is 16.3. The summed E-state index contributed by atoms with van der Waals surface area (Å²) in [5.41, 5.74) is 3.79. The van der Waals surface area contributed by atoms with Crippen molar-refractivity contribution in [3.63, 3.8) is 0 Å². The van der Waals surface area contributed by atoms with Crippen LogP contribution in [-0.2, 0) is 0 Å². The number of nitrogens with one attached hydrogen (secondary N) is 1. The van der Waals surface area contributed by atoms with Crippen LogP contribution >= 0.6 is 0 Å². The summed E-state index contributed by atoms with van der Waals surface area (Å²) in [6.07, 6.45) is 1.66. The van der Waals surface area contributed by atoms with Crippen molar-refractivity contribution in [2.45, 2.75) is 6.92 Å². The number of para-hydroxylation sites is 1. The van der Waals surface area contributed by atoms with Crippen LogP contribution in [0.2, 0.25) is 0 Å². The van der Waals surface area contributed by atoms with Crippen LogP contribution in [0.3, 0.4) is 0 Å². The lowest BCUT2D eigenvalue weighted by molar-refractivity contribution is 0.102. The van der Waals surface area contributed by atoms with E-state index in [1.807, 2.05) is 55.5 Å². The topological polar surface area (TPSA) is 48.5 Å². The standard InChI is InChI=1S/C23H23FN4O/c1-17-5-4-6-18(15-17)26-23(29)21-16-19(9-10-25-21)27-11-13-28(14-12-27)22-8-3-2-7-20(22)24/h2-10,15-16H,11-14H2,1H3,(H,26,29). The minimum atomic E-state index is -0.234. The van der Waals surface area contributed by atoms with Crippen LogP contribution in [0.5, 0.6) is 0 Å². The largest absolute Gasteiger partial charge is 0.368 e. The third-order valence-corrected chi connectivity index (χ3v) is 5.09. The molecular weight excluding hydrogens is 367 g/mol. The first kappa shape index (κ1) is 18.9. The Hall–Kier alpha value is -3.41. The van der Waals surface area contributed by atoms with Crippen molar-refractivity contribution in [1.29, 1.82) is 0 Å². The molecule has 1 aliphatic heterocycles. The maximum atomic E-state index is 14.0. The number of carbonyl (C=O) groups is 1. The van der Waals surface area contributed by atoms with Gasteiger partial charge in [0.25, 0.3) is 5.91 Å². The Bertz CT molecular complexity index is 1020. The second-order valence-electron chi connectivity index (χ2n) is 7.15. The van der Waals surface area contributed by atoms with Crippen molar-refractivity contribution < 1.29 is 9.18 Å². The van der Waals surface area contributed by atoms with E-state index in [2.05, 4.69) is 20.1 Å². The molecule has 1 saturated heterocycles. The molecule has 0 spiro atoms. The number of nitrogens with zero attached hydrogens (tertiary/aromatic N) is 3. The lowest BCUT2D eigenvalue weighted by Gasteiger charge is -2.37. The highest BCUT2D eigenvalue weighted by atomic mass is 19.1. The summed E-state index contributed by atoms with van der Waals surface area (Å²) in [4.78, 5) is 21.1. The Balaban J connectivity index is 1.43. The van der Waals surface area contributed by atoms with Crippen LogP contribution in [0, 0.1) is 12.7 Å². The smallest absolute Gasteiger partial charge is 0.274 e. The minimum absolute atomic E-state index is 0.194. The molecule has 1 aromatic heterocycles. The molecule has 1 aliphatic rings. The quantitative estimate of drug-likeness (QED) is 0.728. The number of hydrogen-bond donors (Lipinski definition) is 1. The SMILES string of the molecule is Cc1cccc(NC(=O)c2cc(N3CCN(c4ccccc4F)CC3)ccn2)c1. The molecule has 0 unspecified atom stereocenters. The van der Waals surface area contributed by atoms with Crippen LogP contribution in [0.15, 0.2) is 66.9 Å². The molecular formula is C23H23FN4O. The van der Waals surface area contributed by atoms with Gasteiger partial charge in [-0.1, -0.05) is 24.3 Å². The zero-order valence-corrected chi connectivity index (χ0v) is 16.3. The molecule has 0 saturated carbocycles. The molecule has 1 amide bonds. The van der Waals surface area contributed by atoms with Crippen molar-refractivity contribution in [1.82, 2.24) is 4.98 Å². The number of carbonyl (C=O) groups excluding carboxylic acids is 1. The molecule has 5 nitrogen and oxygen atoms in total. The van der Waals surface area contributed by atoms with Gasteiger partial charge in [-0.2, -0.15) is 0 Å². The number of pyridine rings is 1. The van der Waals surface area contributed by atoms with Crippen molar-refractivity contribution in [3.05, 3.63) is 83.9 Å². The van der Waals surface area contributed by atoms with Gasteiger partial charge < -0.3 is 15.1 Å². The molecule has 148 valence electrons. The molecule has 29 heavy (non-hydrogen) atoms. The van der Waals surface area contributed by atoms with Crippen molar-refractivity contribution in [2.75, 3.05) is 41.3 Å². The zero-order chi connectivity index (χ0) is 20.2. The number of halogens is 1. The van der Waals surface area contributed by atoms with E-state index in [1.165, 1.54) is 6.07 Å². The number of aryl methyl sites for hydroxylation is 1. The van der Waals surface area contributed by atoms with E-state index in [-0.39, 0.29) is 11.7 Å². The lowest BCUT2D eigenvalue weighted by atomic mass is 10.2. The fraction of sp³-hybridized carbons (Fsp3) is 0.217. The van der Waals surface area contributed by atoms with Gasteiger partial charge in [0.1, 0.15) is 11.5 Å². The summed E-state index contributed by atoms with van der Waals surface area (Å²) in [5, 5.41) is 2.89. The lowest BCUT2D eigenvalue weighted by Crippen LogP contribution is -2.46. The van der Waals surface area contributed by atoms with Gasteiger partial charge >= 0.3 is 0 Å². The van der Waals surface area contributed by atoms with Gasteiger partial charge in [-0.15, -0.1) is 0 Å². The van der Waals surface area contributed by atoms with Crippen molar-refractivity contribution >= 4 is 23.0 Å². The van der Waals surface area contributed by atoms with Gasteiger partial charge in [-0.25, -0.2) is 4.39 Å². The highest BCUT2D eigenvalue weighted by molar-refractivity contribution is 6.03. The molecule has 2 aromatic carbocycles. The van der Waals surface area contributed by atoms with E-state index in [4.69, 9.17) is 0 Å². The average molecular weight is 390 g/mol. The van der Waals surface area contributed by atoms with Crippen LogP contribution in [0.4, 0.5) is 21.5 Å². The summed E-state index contributed by atoms with van der Waals surface area (Å²) in [6, 6.07) is 18.2. The fourth-order valence-electron chi connectivity index (χ4n) is 3.57. The first-order valence-corrected chi connectivity index (χ1v) is 9.69. The molecule has 0 atom stereocenters. The molecule has 1 fully saturated rings. The summed E-state index contributed by atoms with van der Waals surface area (Å²) in [6.45, 7) is 4.91. The monoisotopic (exact) mass is 390 g/mol. The molecule has 0 aliphatic carbocycles. The van der Waals surface area contributed by atoms with E-state index in [0.29, 0.717) is 24.5 Å². The Morgan fingerprint density at radius 2 is 1.72 bits per heavy atom. The maximum absolute atomic E-state index is 14.0. The third-order valence-electron chi connectivity index (χ3n) is 5.09. The second kappa shape index (κ2) is 8.31. The number of hydrogen-bond acceptors (Lipinski definition) is 4. The van der Waals surface area contributed by atoms with Crippen LogP contribution in [0.1, 0.15) is 16.1 Å². The van der Waals surface area contributed by atoms with E-state index in [1.54, 1.807) is 12.3 Å².